The number of carbonyl (C=O) groups excluding carboxylic acids is 2. The third kappa shape index (κ3) is 5.88. The maximum atomic E-state index is 14.6. The van der Waals surface area contributed by atoms with Crippen LogP contribution in [0.25, 0.3) is 0 Å². The van der Waals surface area contributed by atoms with Crippen LogP contribution in [-0.4, -0.2) is 62.6 Å². The van der Waals surface area contributed by atoms with Gasteiger partial charge in [-0.05, 0) is 44.7 Å². The number of aliphatic hydroxyl groups is 1. The molecule has 0 saturated carbocycles. The second kappa shape index (κ2) is 11.0. The van der Waals surface area contributed by atoms with Crippen LogP contribution in [-0.2, 0) is 16.0 Å². The molecule has 0 radical (unpaired) electrons. The van der Waals surface area contributed by atoms with Gasteiger partial charge >= 0.3 is 12.3 Å². The third-order valence-corrected chi connectivity index (χ3v) is 7.74. The highest BCUT2D eigenvalue weighted by Crippen LogP contribution is 2.48. The van der Waals surface area contributed by atoms with E-state index in [2.05, 4.69) is 0 Å². The highest BCUT2D eigenvalue weighted by Gasteiger charge is 2.54. The van der Waals surface area contributed by atoms with Gasteiger partial charge in [-0.2, -0.15) is 18.3 Å². The zero-order valence-electron chi connectivity index (χ0n) is 23.3. The number of aromatic nitrogens is 2. The molecule has 1 saturated heterocycles. The predicted octanol–water partition coefficient (Wildman–Crippen LogP) is 5.77. The van der Waals surface area contributed by atoms with Crippen molar-refractivity contribution >= 4 is 11.9 Å². The number of ether oxygens (including phenoxy) is 1. The van der Waals surface area contributed by atoms with E-state index in [0.717, 1.165) is 11.1 Å². The number of nitrogens with zero attached hydrogens (tertiary/aromatic N) is 3. The lowest BCUT2D eigenvalue weighted by atomic mass is 9.78. The first-order valence-corrected chi connectivity index (χ1v) is 13.8. The van der Waals surface area contributed by atoms with Crippen LogP contribution < -0.4 is 0 Å². The molecule has 2 atom stereocenters. The Hall–Kier alpha value is -3.66. The van der Waals surface area contributed by atoms with Crippen molar-refractivity contribution in [3.8, 4) is 0 Å². The van der Waals surface area contributed by atoms with E-state index in [4.69, 9.17) is 9.84 Å². The Morgan fingerprint density at radius 1 is 0.976 bits per heavy atom. The number of piperidine rings is 1. The van der Waals surface area contributed by atoms with Crippen molar-refractivity contribution in [3.63, 3.8) is 0 Å². The number of hydrogen-bond acceptors (Lipinski definition) is 5. The fourth-order valence-electron chi connectivity index (χ4n) is 5.90. The minimum Gasteiger partial charge on any atom is -0.444 e. The number of alkyl halides is 3. The summed E-state index contributed by atoms with van der Waals surface area (Å²) in [6.07, 6.45) is -7.14. The summed E-state index contributed by atoms with van der Waals surface area (Å²) in [5.41, 5.74) is 1.23. The maximum Gasteiger partial charge on any atom is 0.410 e. The Balaban J connectivity index is 1.62. The van der Waals surface area contributed by atoms with E-state index in [0.29, 0.717) is 25.9 Å². The molecule has 10 heteroatoms. The molecule has 2 heterocycles. The molecule has 5 rings (SSSR count). The van der Waals surface area contributed by atoms with E-state index in [1.807, 2.05) is 60.7 Å². The molecule has 1 aliphatic carbocycles. The van der Waals surface area contributed by atoms with Crippen molar-refractivity contribution in [2.45, 2.75) is 75.8 Å². The molecule has 0 bridgehead atoms. The molecule has 1 fully saturated rings. The van der Waals surface area contributed by atoms with Crippen LogP contribution in [0.5, 0.6) is 0 Å². The Labute approximate surface area is 236 Å². The number of benzene rings is 2. The van der Waals surface area contributed by atoms with Gasteiger partial charge in [0.2, 0.25) is 0 Å². The minimum absolute atomic E-state index is 0.114. The number of likely N-dealkylation sites (tertiary alicyclic amines) is 1. The van der Waals surface area contributed by atoms with Gasteiger partial charge in [-0.15, -0.1) is 0 Å². The van der Waals surface area contributed by atoms with Crippen LogP contribution in [0.4, 0.5) is 18.0 Å². The van der Waals surface area contributed by atoms with Gasteiger partial charge in [0, 0.05) is 24.6 Å². The van der Waals surface area contributed by atoms with Gasteiger partial charge in [-0.25, -0.2) is 4.79 Å². The molecular weight excluding hydrogens is 535 g/mol. The average Bonchev–Trinajstić information content (AvgIpc) is 3.27. The molecule has 1 aliphatic heterocycles. The Morgan fingerprint density at radius 3 is 2.00 bits per heavy atom. The fraction of sp³-hybridized carbons (Fsp3) is 0.452. The monoisotopic (exact) mass is 569 g/mol. The van der Waals surface area contributed by atoms with Crippen molar-refractivity contribution < 1.29 is 32.6 Å². The molecule has 7 nitrogen and oxygen atoms in total. The highest BCUT2D eigenvalue weighted by molar-refractivity contribution is 5.88. The largest absolute Gasteiger partial charge is 0.444 e. The Morgan fingerprint density at radius 2 is 1.51 bits per heavy atom. The zero-order valence-corrected chi connectivity index (χ0v) is 23.3. The summed E-state index contributed by atoms with van der Waals surface area (Å²) in [7, 11) is 0. The van der Waals surface area contributed by atoms with Crippen LogP contribution in [0.3, 0.4) is 0 Å². The van der Waals surface area contributed by atoms with Crippen LogP contribution in [0.1, 0.15) is 79.6 Å². The number of aliphatic hydroxyl groups excluding tert-OH is 1. The predicted molar refractivity (Wildman–Crippen MR) is 146 cm³/mol. The second-order valence-corrected chi connectivity index (χ2v) is 11.8. The summed E-state index contributed by atoms with van der Waals surface area (Å²) in [6, 6.07) is 18.0. The summed E-state index contributed by atoms with van der Waals surface area (Å²) in [5.74, 6) is -3.66. The maximum absolute atomic E-state index is 14.6. The first kappa shape index (κ1) is 28.9. The summed E-state index contributed by atoms with van der Waals surface area (Å²) >= 11 is 0. The number of carbonyl (C=O) groups is 2. The van der Waals surface area contributed by atoms with Crippen molar-refractivity contribution in [2.75, 3.05) is 13.1 Å². The topological polar surface area (TPSA) is 84.7 Å². The Kier molecular flexibility index (Phi) is 7.72. The quantitative estimate of drug-likeness (QED) is 0.432. The number of ketones is 1. The molecule has 1 aromatic heterocycles. The molecule has 2 aliphatic rings. The average molecular weight is 570 g/mol. The molecule has 218 valence electrons. The standard InChI is InChI=1S/C31H34F3N3O4/c1-30(2,3)41-29(40)36-16-14-19(15-17-36)26-24-22(18-23(38)28(39)25(24)31(32,33)34)37(35-26)27(20-10-6-4-7-11-20)21-12-8-5-9-13-21/h4-13,19,25,27-28,39H,14-18H2,1-3H3/t25-,28+/m1/s1. The summed E-state index contributed by atoms with van der Waals surface area (Å²) < 4.78 is 50.7. The van der Waals surface area contributed by atoms with Gasteiger partial charge in [0.05, 0.1) is 17.8 Å². The van der Waals surface area contributed by atoms with E-state index >= 15 is 0 Å². The number of fused-ring (bicyclic) bond motifs is 1. The van der Waals surface area contributed by atoms with Crippen molar-refractivity contribution in [2.24, 2.45) is 0 Å². The molecule has 0 unspecified atom stereocenters. The molecular formula is C31H34F3N3O4. The lowest BCUT2D eigenvalue weighted by molar-refractivity contribution is -0.179. The summed E-state index contributed by atoms with van der Waals surface area (Å²) in [5, 5.41) is 15.4. The molecule has 0 spiro atoms. The lowest BCUT2D eigenvalue weighted by Gasteiger charge is -2.34. The lowest BCUT2D eigenvalue weighted by Crippen LogP contribution is -2.43. The molecule has 41 heavy (non-hydrogen) atoms. The van der Waals surface area contributed by atoms with E-state index in [1.54, 1.807) is 30.4 Å². The van der Waals surface area contributed by atoms with Gasteiger partial charge in [0.1, 0.15) is 23.7 Å². The van der Waals surface area contributed by atoms with Gasteiger partial charge in [0.15, 0.2) is 5.78 Å². The smallest absolute Gasteiger partial charge is 0.410 e. The second-order valence-electron chi connectivity index (χ2n) is 11.8. The number of hydrogen-bond donors (Lipinski definition) is 1. The summed E-state index contributed by atoms with van der Waals surface area (Å²) in [6.45, 7) is 5.91. The van der Waals surface area contributed by atoms with Crippen LogP contribution in [0.2, 0.25) is 0 Å². The molecule has 1 amide bonds. The normalized spacial score (nSPS) is 20.3. The van der Waals surface area contributed by atoms with Crippen molar-refractivity contribution in [3.05, 3.63) is 88.7 Å². The van der Waals surface area contributed by atoms with Crippen LogP contribution >= 0.6 is 0 Å². The van der Waals surface area contributed by atoms with E-state index in [1.165, 1.54) is 0 Å². The number of halogens is 3. The zero-order chi connectivity index (χ0) is 29.5. The molecule has 2 aromatic carbocycles. The number of Topliss-reactive ketones (excluding diaryl/α,β-unsaturated/α-hetero) is 1. The van der Waals surface area contributed by atoms with E-state index < -0.39 is 47.6 Å². The van der Waals surface area contributed by atoms with Gasteiger partial charge in [-0.3, -0.25) is 9.48 Å². The van der Waals surface area contributed by atoms with Gasteiger partial charge in [-0.1, -0.05) is 60.7 Å². The van der Waals surface area contributed by atoms with E-state index in [9.17, 15) is 27.9 Å². The van der Waals surface area contributed by atoms with Gasteiger partial charge in [0.25, 0.3) is 0 Å². The van der Waals surface area contributed by atoms with Gasteiger partial charge < -0.3 is 14.7 Å². The fourth-order valence-corrected chi connectivity index (χ4v) is 5.90. The minimum atomic E-state index is -4.86. The van der Waals surface area contributed by atoms with Crippen LogP contribution in [0, 0.1) is 0 Å². The van der Waals surface area contributed by atoms with Crippen LogP contribution in [0.15, 0.2) is 60.7 Å². The van der Waals surface area contributed by atoms with E-state index in [-0.39, 0.29) is 23.4 Å². The number of amides is 1. The Bertz CT molecular complexity index is 1350. The number of rotatable bonds is 4. The SMILES string of the molecule is CC(C)(C)OC(=O)N1CCC(c2nn(C(c3ccccc3)c3ccccc3)c3c2[C@@H](C(F)(F)F)[C@@H](O)C(=O)C3)CC1. The highest BCUT2D eigenvalue weighted by atomic mass is 19.4. The summed E-state index contributed by atoms with van der Waals surface area (Å²) in [4.78, 5) is 27.0. The first-order valence-electron chi connectivity index (χ1n) is 13.8. The van der Waals surface area contributed by atoms with Crippen molar-refractivity contribution in [1.29, 1.82) is 0 Å². The van der Waals surface area contributed by atoms with Crippen molar-refractivity contribution in [1.82, 2.24) is 14.7 Å². The molecule has 3 aromatic rings. The third-order valence-electron chi connectivity index (χ3n) is 7.74. The first-order chi connectivity index (χ1) is 19.3. The molecule has 1 N–H and O–H groups in total.